The van der Waals surface area contributed by atoms with E-state index in [1.165, 1.54) is 4.90 Å². The highest BCUT2D eigenvalue weighted by molar-refractivity contribution is 14.1. The zero-order chi connectivity index (χ0) is 20.8. The minimum atomic E-state index is -0.845. The van der Waals surface area contributed by atoms with Gasteiger partial charge in [0, 0.05) is 19.4 Å². The number of nitrogens with zero attached hydrogens (tertiary/aromatic N) is 1. The van der Waals surface area contributed by atoms with E-state index in [1.54, 1.807) is 19.1 Å². The van der Waals surface area contributed by atoms with Crippen molar-refractivity contribution in [3.05, 3.63) is 52.7 Å². The molecule has 0 aliphatic heterocycles. The lowest BCUT2D eigenvalue weighted by Crippen LogP contribution is -2.45. The molecule has 0 radical (unpaired) electrons. The molecule has 1 amide bonds. The third-order valence-electron chi connectivity index (χ3n) is 3.89. The molecule has 0 fully saturated rings. The van der Waals surface area contributed by atoms with Crippen LogP contribution in [0.2, 0.25) is 0 Å². The van der Waals surface area contributed by atoms with Crippen molar-refractivity contribution in [1.29, 1.82) is 0 Å². The molecule has 0 saturated carbocycles. The Morgan fingerprint density at radius 1 is 1.14 bits per heavy atom. The predicted molar refractivity (Wildman–Crippen MR) is 134 cm³/mol. The number of halogens is 3. The fourth-order valence-corrected chi connectivity index (χ4v) is 6.27. The van der Waals surface area contributed by atoms with Crippen LogP contribution in [0.3, 0.4) is 0 Å². The molecule has 2 aromatic carbocycles. The number of hydrogen-bond donors (Lipinski definition) is 1. The number of ether oxygens (including phenoxy) is 2. The predicted octanol–water partition coefficient (Wildman–Crippen LogP) is 4.66. The molecule has 1 atom stereocenters. The fourth-order valence-electron chi connectivity index (χ4n) is 2.44. The molecule has 6 nitrogen and oxygen atoms in total. The molecule has 2 N–H and O–H groups in total. The number of amides is 1. The van der Waals surface area contributed by atoms with Crippen molar-refractivity contribution in [3.63, 3.8) is 0 Å². The second-order valence-electron chi connectivity index (χ2n) is 5.70. The van der Waals surface area contributed by atoms with Crippen molar-refractivity contribution >= 4 is 91.0 Å². The lowest BCUT2D eigenvalue weighted by molar-refractivity contribution is -0.156. The Labute approximate surface area is 204 Å². The van der Waals surface area contributed by atoms with Gasteiger partial charge in [-0.2, -0.15) is 0 Å². The molecule has 0 saturated heterocycles. The first kappa shape index (κ1) is 23.6. The normalized spacial score (nSPS) is 11.8. The number of hydrogen-bond acceptors (Lipinski definition) is 5. The van der Waals surface area contributed by atoms with Crippen molar-refractivity contribution in [2.45, 2.75) is 19.9 Å². The van der Waals surface area contributed by atoms with Crippen molar-refractivity contribution < 1.29 is 19.1 Å². The van der Waals surface area contributed by atoms with E-state index in [2.05, 4.69) is 67.8 Å². The smallest absolute Gasteiger partial charge is 0.331 e. The van der Waals surface area contributed by atoms with Gasteiger partial charge in [-0.25, -0.2) is 4.79 Å². The minimum absolute atomic E-state index is 0.151. The van der Waals surface area contributed by atoms with Crippen LogP contribution < -0.4 is 10.6 Å². The molecular weight excluding hydrogens is 701 g/mol. The number of nitrogen functional groups attached to an aromatic ring is 1. The summed E-state index contributed by atoms with van der Waals surface area (Å²) in [6.07, 6.45) is 0. The first-order chi connectivity index (χ1) is 13.3. The zero-order valence-electron chi connectivity index (χ0n) is 15.2. The molecule has 150 valence electrons. The zero-order valence-corrected chi connectivity index (χ0v) is 21.7. The van der Waals surface area contributed by atoms with Gasteiger partial charge >= 0.3 is 5.97 Å². The highest BCUT2D eigenvalue weighted by Gasteiger charge is 2.32. The van der Waals surface area contributed by atoms with Crippen LogP contribution in [0.25, 0.3) is 0 Å². The summed E-state index contributed by atoms with van der Waals surface area (Å²) >= 11 is 6.33. The lowest BCUT2D eigenvalue weighted by Gasteiger charge is -2.29. The molecule has 0 aliphatic rings. The van der Waals surface area contributed by atoms with E-state index in [9.17, 15) is 9.59 Å². The standard InChI is InChI=1S/C19H19I3N2O4/c1-3-27-10-28-19(26)11(2)24(12-7-5-4-6-8-12)18(25)15-13(20)9-14(21)17(23)16(15)22/h4-9,11H,3,10,23H2,1-2H3. The second kappa shape index (κ2) is 10.9. The van der Waals surface area contributed by atoms with Crippen molar-refractivity contribution in [1.82, 2.24) is 0 Å². The van der Waals surface area contributed by atoms with Crippen LogP contribution in [-0.2, 0) is 14.3 Å². The Hall–Kier alpha value is -0.670. The molecule has 28 heavy (non-hydrogen) atoms. The van der Waals surface area contributed by atoms with Gasteiger partial charge in [0.15, 0.2) is 6.79 Å². The van der Waals surface area contributed by atoms with E-state index in [-0.39, 0.29) is 12.7 Å². The van der Waals surface area contributed by atoms with Crippen molar-refractivity contribution in [3.8, 4) is 0 Å². The Morgan fingerprint density at radius 2 is 1.79 bits per heavy atom. The van der Waals surface area contributed by atoms with Gasteiger partial charge in [0.25, 0.3) is 5.91 Å². The summed E-state index contributed by atoms with van der Waals surface area (Å²) in [7, 11) is 0. The van der Waals surface area contributed by atoms with E-state index < -0.39 is 12.0 Å². The van der Waals surface area contributed by atoms with E-state index >= 15 is 0 Å². The average molecular weight is 720 g/mol. The quantitative estimate of drug-likeness (QED) is 0.148. The Bertz CT molecular complexity index is 862. The molecular formula is C19H19I3N2O4. The summed E-state index contributed by atoms with van der Waals surface area (Å²) in [5, 5.41) is 0. The van der Waals surface area contributed by atoms with Gasteiger partial charge in [-0.05, 0) is 99.8 Å². The number of para-hydroxylation sites is 1. The molecule has 1 unspecified atom stereocenters. The molecule has 0 spiro atoms. The van der Waals surface area contributed by atoms with E-state index in [4.69, 9.17) is 15.2 Å². The molecule has 0 aliphatic carbocycles. The van der Waals surface area contributed by atoms with Gasteiger partial charge in [-0.15, -0.1) is 0 Å². The number of rotatable bonds is 7. The number of anilines is 2. The van der Waals surface area contributed by atoms with E-state index in [0.717, 1.165) is 7.14 Å². The van der Waals surface area contributed by atoms with Crippen LogP contribution in [0.15, 0.2) is 36.4 Å². The van der Waals surface area contributed by atoms with Gasteiger partial charge in [-0.1, -0.05) is 18.2 Å². The summed E-state index contributed by atoms with van der Waals surface area (Å²) in [6, 6.07) is 10.0. The highest BCUT2D eigenvalue weighted by atomic mass is 127. The second-order valence-corrected chi connectivity index (χ2v) is 9.11. The van der Waals surface area contributed by atoms with Gasteiger partial charge in [0.05, 0.1) is 14.8 Å². The van der Waals surface area contributed by atoms with Gasteiger partial charge in [0.1, 0.15) is 6.04 Å². The maximum atomic E-state index is 13.5. The molecule has 9 heteroatoms. The summed E-state index contributed by atoms with van der Waals surface area (Å²) in [5.41, 5.74) is 7.75. The fraction of sp³-hybridized carbons (Fsp3) is 0.263. The monoisotopic (exact) mass is 720 g/mol. The van der Waals surface area contributed by atoms with Crippen molar-refractivity contribution in [2.24, 2.45) is 0 Å². The van der Waals surface area contributed by atoms with E-state index in [1.807, 2.05) is 31.2 Å². The lowest BCUT2D eigenvalue weighted by atomic mass is 10.1. The molecule has 2 rings (SSSR count). The molecule has 0 bridgehead atoms. The first-order valence-corrected chi connectivity index (χ1v) is 11.6. The average Bonchev–Trinajstić information content (AvgIpc) is 2.67. The van der Waals surface area contributed by atoms with Crippen LogP contribution >= 0.6 is 67.8 Å². The van der Waals surface area contributed by atoms with Gasteiger partial charge in [-0.3, -0.25) is 9.69 Å². The largest absolute Gasteiger partial charge is 0.437 e. The van der Waals surface area contributed by atoms with Crippen LogP contribution in [0, 0.1) is 10.7 Å². The number of nitrogens with two attached hydrogens (primary N) is 1. The maximum absolute atomic E-state index is 13.5. The number of benzene rings is 2. The minimum Gasteiger partial charge on any atom is -0.437 e. The molecule has 0 aromatic heterocycles. The highest BCUT2D eigenvalue weighted by Crippen LogP contribution is 2.32. The van der Waals surface area contributed by atoms with E-state index in [0.29, 0.717) is 27.1 Å². The maximum Gasteiger partial charge on any atom is 0.331 e. The third-order valence-corrected chi connectivity index (χ3v) is 6.75. The summed E-state index contributed by atoms with van der Waals surface area (Å²) in [5.74, 6) is -0.863. The Kier molecular flexibility index (Phi) is 9.21. The summed E-state index contributed by atoms with van der Waals surface area (Å²) in [4.78, 5) is 27.5. The summed E-state index contributed by atoms with van der Waals surface area (Å²) < 4.78 is 12.5. The Morgan fingerprint density at radius 3 is 2.39 bits per heavy atom. The van der Waals surface area contributed by atoms with Gasteiger partial charge < -0.3 is 15.2 Å². The first-order valence-electron chi connectivity index (χ1n) is 8.35. The van der Waals surface area contributed by atoms with Crippen LogP contribution in [-0.4, -0.2) is 31.3 Å². The number of carbonyl (C=O) groups is 2. The molecule has 2 aromatic rings. The van der Waals surface area contributed by atoms with Crippen LogP contribution in [0.4, 0.5) is 11.4 Å². The number of esters is 1. The van der Waals surface area contributed by atoms with Gasteiger partial charge in [0.2, 0.25) is 0 Å². The third kappa shape index (κ3) is 5.48. The SMILES string of the molecule is CCOCOC(=O)C(C)N(C(=O)c1c(I)cc(I)c(N)c1I)c1ccccc1. The van der Waals surface area contributed by atoms with Crippen LogP contribution in [0.5, 0.6) is 0 Å². The topological polar surface area (TPSA) is 81.9 Å². The van der Waals surface area contributed by atoms with Crippen molar-refractivity contribution in [2.75, 3.05) is 24.0 Å². The Balaban J connectivity index is 2.47. The molecule has 0 heterocycles. The summed E-state index contributed by atoms with van der Waals surface area (Å²) in [6.45, 7) is 3.72. The number of carbonyl (C=O) groups excluding carboxylic acids is 2. The van der Waals surface area contributed by atoms with Crippen LogP contribution in [0.1, 0.15) is 24.2 Å².